The molecule has 2 heterocycles. The molecule has 2 rings (SSSR count). The van der Waals surface area contributed by atoms with E-state index in [4.69, 9.17) is 0 Å². The number of ketones is 1. The molecule has 0 atom stereocenters. The van der Waals surface area contributed by atoms with Gasteiger partial charge in [0.05, 0.1) is 0 Å². The molecule has 0 fully saturated rings. The Bertz CT molecular complexity index is 892. The molecule has 23 heavy (non-hydrogen) atoms. The average molecular weight is 328 g/mol. The van der Waals surface area contributed by atoms with Crippen LogP contribution in [0.4, 0.5) is 8.78 Å². The molecule has 7 nitrogen and oxygen atoms in total. The van der Waals surface area contributed by atoms with Gasteiger partial charge in [0.1, 0.15) is 5.78 Å². The van der Waals surface area contributed by atoms with Gasteiger partial charge in [-0.25, -0.2) is 9.78 Å². The lowest BCUT2D eigenvalue weighted by atomic mass is 10.1. The van der Waals surface area contributed by atoms with E-state index in [-0.39, 0.29) is 29.8 Å². The van der Waals surface area contributed by atoms with Gasteiger partial charge in [0.2, 0.25) is 0 Å². The third-order valence-electron chi connectivity index (χ3n) is 3.82. The normalized spacial score (nSPS) is 12.1. The lowest BCUT2D eigenvalue weighted by molar-refractivity contribution is -0.117. The van der Waals surface area contributed by atoms with Crippen LogP contribution in [0, 0.1) is 0 Å². The minimum atomic E-state index is -3.30. The van der Waals surface area contributed by atoms with Crippen LogP contribution in [0.3, 0.4) is 0 Å². The van der Waals surface area contributed by atoms with Crippen LogP contribution in [0.25, 0.3) is 11.2 Å². The first-order valence-corrected chi connectivity index (χ1v) is 7.08. The molecule has 0 radical (unpaired) electrons. The highest BCUT2D eigenvalue weighted by molar-refractivity contribution is 5.75. The van der Waals surface area contributed by atoms with Gasteiger partial charge in [-0.05, 0) is 13.3 Å². The van der Waals surface area contributed by atoms with Crippen molar-refractivity contribution < 1.29 is 13.6 Å². The molecule has 0 amide bonds. The number of imidazole rings is 1. The highest BCUT2D eigenvalue weighted by Gasteiger charge is 2.37. The van der Waals surface area contributed by atoms with Gasteiger partial charge in [-0.1, -0.05) is 0 Å². The Morgan fingerprint density at radius 1 is 1.13 bits per heavy atom. The zero-order valence-corrected chi connectivity index (χ0v) is 13.4. The van der Waals surface area contributed by atoms with E-state index in [9.17, 15) is 23.2 Å². The van der Waals surface area contributed by atoms with Gasteiger partial charge in [-0.3, -0.25) is 13.9 Å². The van der Waals surface area contributed by atoms with Crippen LogP contribution in [0.2, 0.25) is 0 Å². The van der Waals surface area contributed by atoms with Crippen molar-refractivity contribution in [2.75, 3.05) is 0 Å². The highest BCUT2D eigenvalue weighted by Crippen LogP contribution is 2.33. The molecule has 0 N–H and O–H groups in total. The molecule has 9 heteroatoms. The fourth-order valence-electron chi connectivity index (χ4n) is 2.52. The van der Waals surface area contributed by atoms with Crippen LogP contribution in [0.15, 0.2) is 9.59 Å². The minimum absolute atomic E-state index is 0.0163. The molecule has 0 saturated heterocycles. The van der Waals surface area contributed by atoms with E-state index in [1.807, 2.05) is 0 Å². The Kier molecular flexibility index (Phi) is 4.23. The summed E-state index contributed by atoms with van der Waals surface area (Å²) < 4.78 is 31.7. The van der Waals surface area contributed by atoms with E-state index in [1.165, 1.54) is 28.1 Å². The van der Waals surface area contributed by atoms with Crippen molar-refractivity contribution in [3.63, 3.8) is 0 Å². The number of alkyl halides is 2. The first-order chi connectivity index (χ1) is 10.6. The Labute approximate surface area is 130 Å². The SMILES string of the molecule is CC(=O)CCCC(F)(F)c1nc2c(c(=O)n(C)c(=O)n2C)n1C. The van der Waals surface area contributed by atoms with Crippen molar-refractivity contribution in [1.29, 1.82) is 0 Å². The van der Waals surface area contributed by atoms with Gasteiger partial charge >= 0.3 is 11.6 Å². The summed E-state index contributed by atoms with van der Waals surface area (Å²) in [5, 5.41) is 0. The van der Waals surface area contributed by atoms with Gasteiger partial charge in [0, 0.05) is 34.0 Å². The first kappa shape index (κ1) is 17.0. The number of carbonyl (C=O) groups excluding carboxylic acids is 1. The zero-order chi connectivity index (χ0) is 17.5. The van der Waals surface area contributed by atoms with Crippen molar-refractivity contribution >= 4 is 16.9 Å². The summed E-state index contributed by atoms with van der Waals surface area (Å²) in [4.78, 5) is 38.7. The minimum Gasteiger partial charge on any atom is -0.320 e. The molecule has 2 aromatic rings. The second kappa shape index (κ2) is 5.71. The third kappa shape index (κ3) is 2.82. The molecular formula is C14H18F2N4O3. The second-order valence-electron chi connectivity index (χ2n) is 5.63. The monoisotopic (exact) mass is 328 g/mol. The van der Waals surface area contributed by atoms with Crippen LogP contribution in [0.5, 0.6) is 0 Å². The summed E-state index contributed by atoms with van der Waals surface area (Å²) in [6.45, 7) is 1.34. The van der Waals surface area contributed by atoms with Crippen LogP contribution >= 0.6 is 0 Å². The molecule has 0 aliphatic rings. The average Bonchev–Trinajstić information content (AvgIpc) is 2.81. The summed E-state index contributed by atoms with van der Waals surface area (Å²) in [6.07, 6.45) is -0.486. The van der Waals surface area contributed by atoms with E-state index in [1.54, 1.807) is 0 Å². The van der Waals surface area contributed by atoms with Crippen LogP contribution < -0.4 is 11.2 Å². The number of halogens is 2. The standard InChI is InChI=1S/C14H18F2N4O3/c1-8(21)6-5-7-14(15,16)12-17-10-9(18(12)2)11(22)20(4)13(23)19(10)3/h5-7H2,1-4H3. The second-order valence-corrected chi connectivity index (χ2v) is 5.63. The van der Waals surface area contributed by atoms with E-state index >= 15 is 0 Å². The molecule has 2 aromatic heterocycles. The number of aromatic nitrogens is 4. The molecule has 0 saturated carbocycles. The Balaban J connectivity index is 2.59. The lowest BCUT2D eigenvalue weighted by Crippen LogP contribution is -2.37. The maximum atomic E-state index is 14.4. The van der Waals surface area contributed by atoms with Gasteiger partial charge in [-0.2, -0.15) is 8.78 Å². The van der Waals surface area contributed by atoms with Crippen molar-refractivity contribution in [3.8, 4) is 0 Å². The summed E-state index contributed by atoms with van der Waals surface area (Å²) >= 11 is 0. The Morgan fingerprint density at radius 3 is 2.30 bits per heavy atom. The maximum Gasteiger partial charge on any atom is 0.332 e. The first-order valence-electron chi connectivity index (χ1n) is 7.08. The molecule has 0 aromatic carbocycles. The predicted octanol–water partition coefficient (Wildman–Crippen LogP) is 0.822. The highest BCUT2D eigenvalue weighted by atomic mass is 19.3. The molecular weight excluding hydrogens is 310 g/mol. The number of nitrogens with zero attached hydrogens (tertiary/aromatic N) is 4. The van der Waals surface area contributed by atoms with Crippen LogP contribution in [-0.2, 0) is 31.9 Å². The number of carbonyl (C=O) groups is 1. The Morgan fingerprint density at radius 2 is 1.74 bits per heavy atom. The number of hydrogen-bond acceptors (Lipinski definition) is 4. The number of fused-ring (bicyclic) bond motifs is 1. The number of rotatable bonds is 5. The van der Waals surface area contributed by atoms with E-state index in [0.29, 0.717) is 0 Å². The van der Waals surface area contributed by atoms with Gasteiger partial charge < -0.3 is 9.36 Å². The van der Waals surface area contributed by atoms with E-state index in [0.717, 1.165) is 13.7 Å². The summed E-state index contributed by atoms with van der Waals surface area (Å²) in [7, 11) is 3.96. The summed E-state index contributed by atoms with van der Waals surface area (Å²) in [6, 6.07) is 0. The van der Waals surface area contributed by atoms with E-state index < -0.39 is 29.4 Å². The number of hydrogen-bond donors (Lipinski definition) is 0. The molecule has 0 unspecified atom stereocenters. The lowest BCUT2D eigenvalue weighted by Gasteiger charge is -2.15. The number of Topliss-reactive ketones (excluding diaryl/α,β-unsaturated/α-hetero) is 1. The topological polar surface area (TPSA) is 78.9 Å². The Hall–Kier alpha value is -2.32. The van der Waals surface area contributed by atoms with Crippen molar-refractivity contribution in [2.45, 2.75) is 32.1 Å². The van der Waals surface area contributed by atoms with Crippen molar-refractivity contribution in [3.05, 3.63) is 26.7 Å². The number of aryl methyl sites for hydroxylation is 2. The zero-order valence-electron chi connectivity index (χ0n) is 13.4. The molecule has 126 valence electrons. The molecule has 0 aliphatic carbocycles. The van der Waals surface area contributed by atoms with Crippen LogP contribution in [-0.4, -0.2) is 24.5 Å². The van der Waals surface area contributed by atoms with Crippen molar-refractivity contribution in [1.82, 2.24) is 18.7 Å². The predicted molar refractivity (Wildman–Crippen MR) is 79.6 cm³/mol. The van der Waals surface area contributed by atoms with Crippen molar-refractivity contribution in [2.24, 2.45) is 21.1 Å². The maximum absolute atomic E-state index is 14.4. The smallest absolute Gasteiger partial charge is 0.320 e. The molecule has 0 bridgehead atoms. The molecule has 0 spiro atoms. The third-order valence-corrected chi connectivity index (χ3v) is 3.82. The quantitative estimate of drug-likeness (QED) is 0.814. The fraction of sp³-hybridized carbons (Fsp3) is 0.571. The molecule has 0 aliphatic heterocycles. The summed E-state index contributed by atoms with van der Waals surface area (Å²) in [5.41, 5.74) is -1.45. The van der Waals surface area contributed by atoms with Gasteiger partial charge in [0.25, 0.3) is 5.56 Å². The van der Waals surface area contributed by atoms with Gasteiger partial charge in [-0.15, -0.1) is 0 Å². The summed E-state index contributed by atoms with van der Waals surface area (Å²) in [5.74, 6) is -4.05. The van der Waals surface area contributed by atoms with E-state index in [2.05, 4.69) is 4.98 Å². The van der Waals surface area contributed by atoms with Gasteiger partial charge in [0.15, 0.2) is 17.0 Å². The fourth-order valence-corrected chi connectivity index (χ4v) is 2.52. The largest absolute Gasteiger partial charge is 0.332 e. The van der Waals surface area contributed by atoms with Crippen LogP contribution in [0.1, 0.15) is 32.0 Å².